The Morgan fingerprint density at radius 3 is 2.66 bits per heavy atom. The normalized spacial score (nSPS) is 21.8. The first-order valence-corrected chi connectivity index (χ1v) is 12.8. The highest BCUT2D eigenvalue weighted by atomic mass is 32.2. The Balaban J connectivity index is 1.51. The van der Waals surface area contributed by atoms with Gasteiger partial charge in [0.1, 0.15) is 17.8 Å². The van der Waals surface area contributed by atoms with Crippen molar-refractivity contribution in [2.75, 3.05) is 24.7 Å². The molecule has 186 valence electrons. The smallest absolute Gasteiger partial charge is 0.319 e. The number of piperidine rings is 1. The number of aryl methyl sites for hydroxylation is 1. The average molecular weight is 499 g/mol. The zero-order valence-electron chi connectivity index (χ0n) is 19.7. The van der Waals surface area contributed by atoms with E-state index in [1.54, 1.807) is 47.8 Å². The van der Waals surface area contributed by atoms with Crippen LogP contribution in [-0.2, 0) is 16.6 Å². The second-order valence-corrected chi connectivity index (χ2v) is 9.55. The first kappa shape index (κ1) is 24.6. The predicted molar refractivity (Wildman–Crippen MR) is 133 cm³/mol. The van der Waals surface area contributed by atoms with Crippen molar-refractivity contribution in [3.05, 3.63) is 48.3 Å². The van der Waals surface area contributed by atoms with E-state index in [1.165, 1.54) is 4.90 Å². The monoisotopic (exact) mass is 498 g/mol. The molecule has 4 N–H and O–H groups in total. The number of hydrogen-bond acceptors (Lipinski definition) is 5. The van der Waals surface area contributed by atoms with E-state index < -0.39 is 30.1 Å². The number of urea groups is 1. The van der Waals surface area contributed by atoms with Crippen LogP contribution in [0.3, 0.4) is 0 Å². The third kappa shape index (κ3) is 5.61. The van der Waals surface area contributed by atoms with Crippen LogP contribution in [0.15, 0.2) is 47.5 Å². The van der Waals surface area contributed by atoms with Gasteiger partial charge in [0.2, 0.25) is 11.8 Å². The second kappa shape index (κ2) is 10.9. The van der Waals surface area contributed by atoms with Gasteiger partial charge < -0.3 is 30.7 Å². The zero-order chi connectivity index (χ0) is 24.9. The topological polar surface area (TPSA) is 125 Å². The summed E-state index contributed by atoms with van der Waals surface area (Å²) in [6.07, 6.45) is 5.40. The number of anilines is 1. The molecule has 10 nitrogen and oxygen atoms in total. The standard InChI is InChI=1S/C24H30N6O4S/c1-29-12-5-9-19(29)23(33)30-13-10-17(20(30)22(32)27-18-8-4-11-25-21(18)31)28-24(34)26-15-6-3-7-16(14-15)35-2/h3,5-7,9,12,14,17-18,20H,4,8,10-11,13H2,1-2H3,(H,25,31)(H,27,32)(H2,26,28,34)/t17-,18-,20-/m0/s1. The molecular weight excluding hydrogens is 468 g/mol. The molecular formula is C24H30N6O4S. The van der Waals surface area contributed by atoms with Crippen molar-refractivity contribution >= 4 is 41.2 Å². The summed E-state index contributed by atoms with van der Waals surface area (Å²) in [7, 11) is 1.76. The minimum Gasteiger partial charge on any atom is -0.354 e. The van der Waals surface area contributed by atoms with Gasteiger partial charge in [-0.2, -0.15) is 0 Å². The van der Waals surface area contributed by atoms with Gasteiger partial charge in [0, 0.05) is 36.9 Å². The van der Waals surface area contributed by atoms with E-state index in [0.717, 1.165) is 11.3 Å². The molecule has 3 heterocycles. The van der Waals surface area contributed by atoms with Gasteiger partial charge in [0.15, 0.2) is 0 Å². The lowest BCUT2D eigenvalue weighted by Gasteiger charge is -2.30. The maximum absolute atomic E-state index is 13.4. The molecule has 0 bridgehead atoms. The molecule has 0 aliphatic carbocycles. The Bertz CT molecular complexity index is 1120. The van der Waals surface area contributed by atoms with E-state index in [-0.39, 0.29) is 11.8 Å². The van der Waals surface area contributed by atoms with Crippen molar-refractivity contribution in [3.63, 3.8) is 0 Å². The molecule has 0 saturated carbocycles. The Hall–Kier alpha value is -3.47. The fourth-order valence-electron chi connectivity index (χ4n) is 4.53. The van der Waals surface area contributed by atoms with Crippen molar-refractivity contribution in [2.45, 2.75) is 42.3 Å². The molecule has 3 atom stereocenters. The van der Waals surface area contributed by atoms with Crippen LogP contribution in [0.1, 0.15) is 29.8 Å². The molecule has 0 unspecified atom stereocenters. The maximum atomic E-state index is 13.4. The van der Waals surface area contributed by atoms with Crippen LogP contribution in [0.2, 0.25) is 0 Å². The van der Waals surface area contributed by atoms with Gasteiger partial charge in [-0.25, -0.2) is 4.79 Å². The molecule has 2 saturated heterocycles. The van der Waals surface area contributed by atoms with Gasteiger partial charge in [-0.05, 0) is 55.9 Å². The Morgan fingerprint density at radius 1 is 1.11 bits per heavy atom. The summed E-state index contributed by atoms with van der Waals surface area (Å²) in [4.78, 5) is 54.2. The SMILES string of the molecule is CSc1cccc(NC(=O)N[C@H]2CCN(C(=O)c3cccn3C)[C@@H]2C(=O)N[C@H]2CCCNC2=O)c1. The summed E-state index contributed by atoms with van der Waals surface area (Å²) in [6, 6.07) is 8.20. The van der Waals surface area contributed by atoms with E-state index in [1.807, 2.05) is 24.5 Å². The zero-order valence-corrected chi connectivity index (χ0v) is 20.6. The van der Waals surface area contributed by atoms with E-state index in [9.17, 15) is 19.2 Å². The first-order valence-electron chi connectivity index (χ1n) is 11.6. The predicted octanol–water partition coefficient (Wildman–Crippen LogP) is 1.55. The number of rotatable bonds is 6. The molecule has 2 aliphatic heterocycles. The molecule has 0 radical (unpaired) electrons. The van der Waals surface area contributed by atoms with E-state index in [0.29, 0.717) is 37.3 Å². The number of amides is 5. The van der Waals surface area contributed by atoms with Crippen LogP contribution in [-0.4, -0.2) is 70.7 Å². The van der Waals surface area contributed by atoms with Crippen molar-refractivity contribution in [2.24, 2.45) is 7.05 Å². The number of carbonyl (C=O) groups is 4. The van der Waals surface area contributed by atoms with Crippen molar-refractivity contribution < 1.29 is 19.2 Å². The lowest BCUT2D eigenvalue weighted by Crippen LogP contribution is -2.59. The molecule has 35 heavy (non-hydrogen) atoms. The van der Waals surface area contributed by atoms with Crippen LogP contribution in [0.25, 0.3) is 0 Å². The highest BCUT2D eigenvalue weighted by molar-refractivity contribution is 7.98. The lowest BCUT2D eigenvalue weighted by atomic mass is 10.0. The van der Waals surface area contributed by atoms with Crippen molar-refractivity contribution in [3.8, 4) is 0 Å². The number of nitrogens with one attached hydrogen (secondary N) is 4. The molecule has 11 heteroatoms. The Morgan fingerprint density at radius 2 is 1.94 bits per heavy atom. The van der Waals surface area contributed by atoms with Crippen LogP contribution in [0.5, 0.6) is 0 Å². The average Bonchev–Trinajstić information content (AvgIpc) is 3.46. The minimum atomic E-state index is -0.949. The molecule has 1 aromatic carbocycles. The summed E-state index contributed by atoms with van der Waals surface area (Å²) in [5.74, 6) is -0.997. The van der Waals surface area contributed by atoms with Crippen molar-refractivity contribution in [1.82, 2.24) is 25.4 Å². The second-order valence-electron chi connectivity index (χ2n) is 8.67. The highest BCUT2D eigenvalue weighted by Gasteiger charge is 2.44. The number of nitrogens with zero attached hydrogens (tertiary/aromatic N) is 2. The van der Waals surface area contributed by atoms with Gasteiger partial charge in [0.05, 0.1) is 6.04 Å². The van der Waals surface area contributed by atoms with E-state index in [2.05, 4.69) is 21.3 Å². The van der Waals surface area contributed by atoms with Crippen LogP contribution in [0.4, 0.5) is 10.5 Å². The lowest BCUT2D eigenvalue weighted by molar-refractivity contribution is -0.132. The minimum absolute atomic E-state index is 0.237. The summed E-state index contributed by atoms with van der Waals surface area (Å²) >= 11 is 1.56. The maximum Gasteiger partial charge on any atom is 0.319 e. The fourth-order valence-corrected chi connectivity index (χ4v) is 4.99. The molecule has 0 spiro atoms. The molecule has 2 aromatic rings. The molecule has 4 rings (SSSR count). The Labute approximate surface area is 208 Å². The van der Waals surface area contributed by atoms with Crippen molar-refractivity contribution in [1.29, 1.82) is 0 Å². The molecule has 2 fully saturated rings. The third-order valence-electron chi connectivity index (χ3n) is 6.34. The molecule has 1 aromatic heterocycles. The van der Waals surface area contributed by atoms with Gasteiger partial charge >= 0.3 is 6.03 Å². The number of thioether (sulfide) groups is 1. The number of likely N-dealkylation sites (tertiary alicyclic amines) is 1. The van der Waals surface area contributed by atoms with E-state index in [4.69, 9.17) is 0 Å². The number of hydrogen-bond donors (Lipinski definition) is 4. The van der Waals surface area contributed by atoms with Gasteiger partial charge in [0.25, 0.3) is 5.91 Å². The fraction of sp³-hybridized carbons (Fsp3) is 0.417. The third-order valence-corrected chi connectivity index (χ3v) is 7.06. The van der Waals surface area contributed by atoms with Gasteiger partial charge in [-0.15, -0.1) is 11.8 Å². The Kier molecular flexibility index (Phi) is 7.64. The quantitative estimate of drug-likeness (QED) is 0.450. The highest BCUT2D eigenvalue weighted by Crippen LogP contribution is 2.23. The van der Waals surface area contributed by atoms with E-state index >= 15 is 0 Å². The first-order chi connectivity index (χ1) is 16.9. The largest absolute Gasteiger partial charge is 0.354 e. The van der Waals surface area contributed by atoms with Crippen LogP contribution in [0, 0.1) is 0 Å². The number of aromatic nitrogens is 1. The summed E-state index contributed by atoms with van der Waals surface area (Å²) in [5, 5.41) is 11.2. The summed E-state index contributed by atoms with van der Waals surface area (Å²) < 4.78 is 1.69. The van der Waals surface area contributed by atoms with Gasteiger partial charge in [-0.1, -0.05) is 6.07 Å². The number of carbonyl (C=O) groups excluding carboxylic acids is 4. The summed E-state index contributed by atoms with van der Waals surface area (Å²) in [5.41, 5.74) is 1.07. The van der Waals surface area contributed by atoms with Crippen LogP contribution < -0.4 is 21.3 Å². The summed E-state index contributed by atoms with van der Waals surface area (Å²) in [6.45, 7) is 0.876. The van der Waals surface area contributed by atoms with Crippen LogP contribution >= 0.6 is 11.8 Å². The molecule has 2 aliphatic rings. The van der Waals surface area contributed by atoms with Gasteiger partial charge in [-0.3, -0.25) is 14.4 Å². The molecule has 5 amide bonds. The number of benzene rings is 1.